The first-order valence-electron chi connectivity index (χ1n) is 8.46. The number of benzene rings is 1. The van der Waals surface area contributed by atoms with E-state index in [9.17, 15) is 5.11 Å². The second-order valence-electron chi connectivity index (χ2n) is 8.89. The van der Waals surface area contributed by atoms with E-state index in [-0.39, 0.29) is 10.8 Å². The highest BCUT2D eigenvalue weighted by Crippen LogP contribution is 2.40. The summed E-state index contributed by atoms with van der Waals surface area (Å²) >= 11 is 0. The summed E-state index contributed by atoms with van der Waals surface area (Å²) in [4.78, 5) is 0. The fourth-order valence-electron chi connectivity index (χ4n) is 3.50. The summed E-state index contributed by atoms with van der Waals surface area (Å²) in [7, 11) is 0. The van der Waals surface area contributed by atoms with Crippen molar-refractivity contribution in [2.75, 3.05) is 0 Å². The van der Waals surface area contributed by atoms with Gasteiger partial charge in [0.1, 0.15) is 5.75 Å². The SMILES string of the molecule is CC(C)(C)c1cc(CC2CCCC2)cc(C(C)(C)C)c1O. The quantitative estimate of drug-likeness (QED) is 0.738. The topological polar surface area (TPSA) is 20.2 Å². The summed E-state index contributed by atoms with van der Waals surface area (Å²) < 4.78 is 0. The molecule has 1 saturated carbocycles. The molecule has 21 heavy (non-hydrogen) atoms. The minimum atomic E-state index is -0.0181. The van der Waals surface area contributed by atoms with Crippen LogP contribution in [0.5, 0.6) is 5.75 Å². The maximum absolute atomic E-state index is 10.7. The van der Waals surface area contributed by atoms with Crippen LogP contribution in [0.1, 0.15) is 83.9 Å². The highest BCUT2D eigenvalue weighted by molar-refractivity contribution is 5.50. The van der Waals surface area contributed by atoms with Gasteiger partial charge < -0.3 is 5.11 Å². The molecule has 1 nitrogen and oxygen atoms in total. The molecule has 1 aromatic rings. The molecule has 0 amide bonds. The van der Waals surface area contributed by atoms with Crippen LogP contribution in [0.4, 0.5) is 0 Å². The van der Waals surface area contributed by atoms with Crippen molar-refractivity contribution in [1.82, 2.24) is 0 Å². The van der Waals surface area contributed by atoms with E-state index in [1.54, 1.807) is 0 Å². The van der Waals surface area contributed by atoms with Gasteiger partial charge in [-0.25, -0.2) is 0 Å². The maximum atomic E-state index is 10.7. The van der Waals surface area contributed by atoms with Crippen LogP contribution in [0.15, 0.2) is 12.1 Å². The van der Waals surface area contributed by atoms with E-state index < -0.39 is 0 Å². The van der Waals surface area contributed by atoms with Gasteiger partial charge in [-0.05, 0) is 39.9 Å². The molecule has 0 aromatic heterocycles. The van der Waals surface area contributed by atoms with Gasteiger partial charge >= 0.3 is 0 Å². The van der Waals surface area contributed by atoms with Gasteiger partial charge in [0, 0.05) is 0 Å². The molecule has 1 aliphatic rings. The van der Waals surface area contributed by atoms with Gasteiger partial charge in [-0.3, -0.25) is 0 Å². The van der Waals surface area contributed by atoms with Crippen molar-refractivity contribution in [3.8, 4) is 5.75 Å². The number of hydrogen-bond acceptors (Lipinski definition) is 1. The molecule has 0 spiro atoms. The Balaban J connectivity index is 2.45. The van der Waals surface area contributed by atoms with Gasteiger partial charge in [-0.15, -0.1) is 0 Å². The van der Waals surface area contributed by atoms with E-state index in [0.717, 1.165) is 17.0 Å². The number of phenolic OH excluding ortho intramolecular Hbond substituents is 1. The zero-order chi connectivity index (χ0) is 15.8. The van der Waals surface area contributed by atoms with Crippen LogP contribution < -0.4 is 0 Å². The van der Waals surface area contributed by atoms with Gasteiger partial charge in [0.15, 0.2) is 0 Å². The Labute approximate surface area is 130 Å². The Hall–Kier alpha value is -0.980. The van der Waals surface area contributed by atoms with Crippen molar-refractivity contribution < 1.29 is 5.11 Å². The minimum absolute atomic E-state index is 0.0181. The lowest BCUT2D eigenvalue weighted by molar-refractivity contribution is 0.421. The summed E-state index contributed by atoms with van der Waals surface area (Å²) in [6.45, 7) is 13.1. The van der Waals surface area contributed by atoms with E-state index in [0.29, 0.717) is 5.75 Å². The summed E-state index contributed by atoms with van der Waals surface area (Å²) in [5.74, 6) is 1.35. The lowest BCUT2D eigenvalue weighted by Crippen LogP contribution is -2.18. The highest BCUT2D eigenvalue weighted by Gasteiger charge is 2.27. The fraction of sp³-hybridized carbons (Fsp3) is 0.700. The minimum Gasteiger partial charge on any atom is -0.507 e. The maximum Gasteiger partial charge on any atom is 0.123 e. The normalized spacial score (nSPS) is 17.4. The van der Waals surface area contributed by atoms with Crippen LogP contribution in [-0.2, 0) is 17.3 Å². The van der Waals surface area contributed by atoms with E-state index in [1.165, 1.54) is 37.7 Å². The molecule has 1 fully saturated rings. The molecule has 1 aliphatic carbocycles. The molecule has 0 aliphatic heterocycles. The molecule has 118 valence electrons. The number of aromatic hydroxyl groups is 1. The van der Waals surface area contributed by atoms with Crippen LogP contribution in [-0.4, -0.2) is 5.11 Å². The third-order valence-corrected chi connectivity index (χ3v) is 4.78. The Morgan fingerprint density at radius 3 is 1.71 bits per heavy atom. The second-order valence-corrected chi connectivity index (χ2v) is 8.89. The van der Waals surface area contributed by atoms with E-state index in [4.69, 9.17) is 0 Å². The van der Waals surface area contributed by atoms with Gasteiger partial charge in [0.2, 0.25) is 0 Å². The Morgan fingerprint density at radius 2 is 1.33 bits per heavy atom. The molecular formula is C20H32O. The van der Waals surface area contributed by atoms with Crippen molar-refractivity contribution in [2.24, 2.45) is 5.92 Å². The molecule has 1 aromatic carbocycles. The molecule has 0 atom stereocenters. The molecule has 0 unspecified atom stereocenters. The molecule has 2 rings (SSSR count). The van der Waals surface area contributed by atoms with E-state index in [1.807, 2.05) is 0 Å². The predicted octanol–water partition coefficient (Wildman–Crippen LogP) is 5.72. The van der Waals surface area contributed by atoms with E-state index >= 15 is 0 Å². The molecule has 0 saturated heterocycles. The van der Waals surface area contributed by atoms with Gasteiger partial charge in [-0.1, -0.05) is 79.4 Å². The third-order valence-electron chi connectivity index (χ3n) is 4.78. The number of rotatable bonds is 2. The van der Waals surface area contributed by atoms with Crippen molar-refractivity contribution in [3.05, 3.63) is 28.8 Å². The second kappa shape index (κ2) is 5.66. The van der Waals surface area contributed by atoms with Crippen LogP contribution in [0, 0.1) is 5.92 Å². The van der Waals surface area contributed by atoms with Gasteiger partial charge in [0.25, 0.3) is 0 Å². The van der Waals surface area contributed by atoms with Crippen molar-refractivity contribution in [2.45, 2.75) is 84.5 Å². The number of phenols is 1. The fourth-order valence-corrected chi connectivity index (χ4v) is 3.50. The largest absolute Gasteiger partial charge is 0.507 e. The highest BCUT2D eigenvalue weighted by atomic mass is 16.3. The summed E-state index contributed by atoms with van der Waals surface area (Å²) in [5, 5.41) is 10.7. The monoisotopic (exact) mass is 288 g/mol. The third kappa shape index (κ3) is 3.81. The summed E-state index contributed by atoms with van der Waals surface area (Å²) in [6.07, 6.45) is 6.70. The zero-order valence-corrected chi connectivity index (χ0v) is 14.7. The van der Waals surface area contributed by atoms with E-state index in [2.05, 4.69) is 53.7 Å². The molecule has 1 heteroatoms. The van der Waals surface area contributed by atoms with Crippen LogP contribution >= 0.6 is 0 Å². The molecule has 0 radical (unpaired) electrons. The van der Waals surface area contributed by atoms with Crippen LogP contribution in [0.3, 0.4) is 0 Å². The Morgan fingerprint density at radius 1 is 0.905 bits per heavy atom. The van der Waals surface area contributed by atoms with Gasteiger partial charge in [-0.2, -0.15) is 0 Å². The average molecular weight is 288 g/mol. The van der Waals surface area contributed by atoms with Crippen LogP contribution in [0.25, 0.3) is 0 Å². The molecule has 1 N–H and O–H groups in total. The lowest BCUT2D eigenvalue weighted by atomic mass is 9.77. The van der Waals surface area contributed by atoms with Gasteiger partial charge in [0.05, 0.1) is 0 Å². The van der Waals surface area contributed by atoms with Crippen molar-refractivity contribution in [3.63, 3.8) is 0 Å². The van der Waals surface area contributed by atoms with Crippen LogP contribution in [0.2, 0.25) is 0 Å². The zero-order valence-electron chi connectivity index (χ0n) is 14.7. The summed E-state index contributed by atoms with van der Waals surface area (Å²) in [5.41, 5.74) is 3.58. The first kappa shape index (κ1) is 16.4. The number of hydrogen-bond donors (Lipinski definition) is 1. The Bertz CT molecular complexity index is 459. The van der Waals surface area contributed by atoms with Crippen molar-refractivity contribution in [1.29, 1.82) is 0 Å². The van der Waals surface area contributed by atoms with Crippen molar-refractivity contribution >= 4 is 0 Å². The molecular weight excluding hydrogens is 256 g/mol. The summed E-state index contributed by atoms with van der Waals surface area (Å²) in [6, 6.07) is 4.51. The molecule has 0 bridgehead atoms. The Kier molecular flexibility index (Phi) is 4.42. The first-order chi connectivity index (χ1) is 9.59. The standard InChI is InChI=1S/C20H32O/c1-19(2,3)16-12-15(11-14-9-7-8-10-14)13-17(18(16)21)20(4,5)6/h12-14,21H,7-11H2,1-6H3. The first-order valence-corrected chi connectivity index (χ1v) is 8.46. The smallest absolute Gasteiger partial charge is 0.123 e. The predicted molar refractivity (Wildman–Crippen MR) is 91.2 cm³/mol. The lowest BCUT2D eigenvalue weighted by Gasteiger charge is -2.28. The average Bonchev–Trinajstić information content (AvgIpc) is 2.81. The molecule has 0 heterocycles.